The van der Waals surface area contributed by atoms with E-state index >= 15 is 0 Å². The molecule has 2 heteroatoms. The second-order valence-electron chi connectivity index (χ2n) is 3.96. The van der Waals surface area contributed by atoms with E-state index in [4.69, 9.17) is 5.73 Å². The first-order chi connectivity index (χ1) is 5.75. The second-order valence-corrected chi connectivity index (χ2v) is 3.96. The van der Waals surface area contributed by atoms with Gasteiger partial charge in [0.15, 0.2) is 0 Å². The Hall–Kier alpha value is -0.110. The Morgan fingerprint density at radius 3 is 2.67 bits per heavy atom. The van der Waals surface area contributed by atoms with Crippen molar-refractivity contribution in [1.29, 1.82) is 0 Å². The van der Waals surface area contributed by atoms with Crippen LogP contribution in [0.4, 0.5) is 4.39 Å². The van der Waals surface area contributed by atoms with Gasteiger partial charge in [-0.15, -0.1) is 0 Å². The summed E-state index contributed by atoms with van der Waals surface area (Å²) >= 11 is 0. The van der Waals surface area contributed by atoms with E-state index in [1.807, 2.05) is 0 Å². The van der Waals surface area contributed by atoms with Crippen LogP contribution in [0.5, 0.6) is 0 Å². The van der Waals surface area contributed by atoms with Gasteiger partial charge in [0.1, 0.15) is 6.17 Å². The van der Waals surface area contributed by atoms with Gasteiger partial charge in [0.25, 0.3) is 0 Å². The molecule has 1 fully saturated rings. The monoisotopic (exact) mass is 173 g/mol. The first-order valence-electron chi connectivity index (χ1n) is 5.10. The van der Waals surface area contributed by atoms with Crippen molar-refractivity contribution in [3.8, 4) is 0 Å². The Balaban J connectivity index is 2.42. The summed E-state index contributed by atoms with van der Waals surface area (Å²) in [6.07, 6.45) is 5.12. The van der Waals surface area contributed by atoms with Gasteiger partial charge in [-0.1, -0.05) is 19.3 Å². The van der Waals surface area contributed by atoms with Crippen LogP contribution >= 0.6 is 0 Å². The van der Waals surface area contributed by atoms with Gasteiger partial charge >= 0.3 is 0 Å². The van der Waals surface area contributed by atoms with Gasteiger partial charge in [-0.3, -0.25) is 0 Å². The quantitative estimate of drug-likeness (QED) is 0.697. The lowest BCUT2D eigenvalue weighted by atomic mass is 9.75. The maximum Gasteiger partial charge on any atom is 0.100 e. The molecule has 0 aliphatic heterocycles. The van der Waals surface area contributed by atoms with Crippen molar-refractivity contribution in [2.45, 2.75) is 45.2 Å². The summed E-state index contributed by atoms with van der Waals surface area (Å²) in [5, 5.41) is 0. The van der Waals surface area contributed by atoms with Gasteiger partial charge in [0.05, 0.1) is 0 Å². The van der Waals surface area contributed by atoms with E-state index in [0.717, 1.165) is 12.8 Å². The summed E-state index contributed by atoms with van der Waals surface area (Å²) in [4.78, 5) is 0. The molecule has 1 aliphatic carbocycles. The van der Waals surface area contributed by atoms with Gasteiger partial charge in [0, 0.05) is 0 Å². The van der Waals surface area contributed by atoms with Gasteiger partial charge in [-0.2, -0.15) is 0 Å². The molecule has 3 atom stereocenters. The zero-order chi connectivity index (χ0) is 8.97. The average Bonchev–Trinajstić information content (AvgIpc) is 2.05. The van der Waals surface area contributed by atoms with Crippen LogP contribution < -0.4 is 5.73 Å². The summed E-state index contributed by atoms with van der Waals surface area (Å²) in [5.41, 5.74) is 5.50. The van der Waals surface area contributed by atoms with Crippen molar-refractivity contribution in [2.75, 3.05) is 6.54 Å². The zero-order valence-electron chi connectivity index (χ0n) is 7.93. The zero-order valence-corrected chi connectivity index (χ0v) is 7.93. The molecule has 0 bridgehead atoms. The second kappa shape index (κ2) is 4.80. The minimum absolute atomic E-state index is 0.294. The molecule has 0 saturated heterocycles. The summed E-state index contributed by atoms with van der Waals surface area (Å²) in [5.74, 6) is 0.853. The lowest BCUT2D eigenvalue weighted by Crippen LogP contribution is -2.28. The highest BCUT2D eigenvalue weighted by Crippen LogP contribution is 2.35. The first kappa shape index (κ1) is 9.97. The molecule has 0 radical (unpaired) electrons. The molecule has 0 aromatic carbocycles. The molecule has 3 unspecified atom stereocenters. The molecule has 2 N–H and O–H groups in total. The normalized spacial score (nSPS) is 33.2. The minimum Gasteiger partial charge on any atom is -0.330 e. The molecule has 1 aliphatic rings. The molecule has 1 saturated carbocycles. The molecule has 0 aromatic heterocycles. The van der Waals surface area contributed by atoms with E-state index in [2.05, 4.69) is 0 Å². The lowest BCUT2D eigenvalue weighted by Gasteiger charge is -2.32. The molecular weight excluding hydrogens is 153 g/mol. The lowest BCUT2D eigenvalue weighted by molar-refractivity contribution is 0.127. The van der Waals surface area contributed by atoms with Crippen LogP contribution in [0.3, 0.4) is 0 Å². The van der Waals surface area contributed by atoms with Gasteiger partial charge < -0.3 is 5.73 Å². The summed E-state index contributed by atoms with van der Waals surface area (Å²) < 4.78 is 13.1. The molecule has 72 valence electrons. The van der Waals surface area contributed by atoms with E-state index in [9.17, 15) is 4.39 Å². The van der Waals surface area contributed by atoms with Crippen LogP contribution in [0.15, 0.2) is 0 Å². The molecular formula is C10H20FN. The smallest absolute Gasteiger partial charge is 0.100 e. The Labute approximate surface area is 74.5 Å². The molecule has 0 spiro atoms. The topological polar surface area (TPSA) is 26.0 Å². The van der Waals surface area contributed by atoms with Gasteiger partial charge in [-0.25, -0.2) is 4.39 Å². The van der Waals surface area contributed by atoms with E-state index < -0.39 is 6.17 Å². The molecule has 1 nitrogen and oxygen atoms in total. The molecule has 0 aromatic rings. The third kappa shape index (κ3) is 2.44. The van der Waals surface area contributed by atoms with Crippen molar-refractivity contribution in [3.05, 3.63) is 0 Å². The third-order valence-electron chi connectivity index (χ3n) is 3.10. The van der Waals surface area contributed by atoms with Crippen LogP contribution in [-0.4, -0.2) is 12.7 Å². The molecule has 12 heavy (non-hydrogen) atoms. The fourth-order valence-corrected chi connectivity index (χ4v) is 2.41. The van der Waals surface area contributed by atoms with Crippen LogP contribution in [-0.2, 0) is 0 Å². The maximum atomic E-state index is 13.1. The van der Waals surface area contributed by atoms with Gasteiger partial charge in [0.2, 0.25) is 0 Å². The molecule has 0 heterocycles. The highest BCUT2D eigenvalue weighted by molar-refractivity contribution is 4.79. The van der Waals surface area contributed by atoms with Crippen molar-refractivity contribution in [1.82, 2.24) is 0 Å². The predicted molar refractivity (Wildman–Crippen MR) is 49.7 cm³/mol. The van der Waals surface area contributed by atoms with Crippen molar-refractivity contribution in [2.24, 2.45) is 17.6 Å². The number of alkyl halides is 1. The number of nitrogens with two attached hydrogens (primary N) is 1. The minimum atomic E-state index is -0.637. The average molecular weight is 173 g/mol. The Morgan fingerprint density at radius 2 is 2.08 bits per heavy atom. The van der Waals surface area contributed by atoms with Gasteiger partial charge in [-0.05, 0) is 38.1 Å². The predicted octanol–water partition coefficient (Wildman–Crippen LogP) is 2.50. The fourth-order valence-electron chi connectivity index (χ4n) is 2.41. The Kier molecular flexibility index (Phi) is 3.99. The first-order valence-corrected chi connectivity index (χ1v) is 5.10. The van der Waals surface area contributed by atoms with Crippen molar-refractivity contribution >= 4 is 0 Å². The van der Waals surface area contributed by atoms with Crippen LogP contribution in [0.25, 0.3) is 0 Å². The van der Waals surface area contributed by atoms with Crippen LogP contribution in [0, 0.1) is 11.8 Å². The molecule has 1 rings (SSSR count). The maximum absolute atomic E-state index is 13.1. The van der Waals surface area contributed by atoms with Crippen LogP contribution in [0.1, 0.15) is 39.0 Å². The number of rotatable bonds is 3. The highest BCUT2D eigenvalue weighted by atomic mass is 19.1. The standard InChI is InChI=1S/C10H20FN/c1-8(11)10-5-3-2-4-9(10)6-7-12/h8-10H,2-7,12H2,1H3. The summed E-state index contributed by atoms with van der Waals surface area (Å²) in [6, 6.07) is 0. The van der Waals surface area contributed by atoms with Crippen LogP contribution in [0.2, 0.25) is 0 Å². The molecule has 0 amide bonds. The number of halogens is 1. The fraction of sp³-hybridized carbons (Fsp3) is 1.00. The largest absolute Gasteiger partial charge is 0.330 e. The summed E-state index contributed by atoms with van der Waals surface area (Å²) in [7, 11) is 0. The van der Waals surface area contributed by atoms with E-state index in [1.54, 1.807) is 6.92 Å². The highest BCUT2D eigenvalue weighted by Gasteiger charge is 2.28. The Bertz CT molecular complexity index is 123. The van der Waals surface area contributed by atoms with Crippen molar-refractivity contribution in [3.63, 3.8) is 0 Å². The van der Waals surface area contributed by atoms with Crippen molar-refractivity contribution < 1.29 is 4.39 Å². The number of hydrogen-bond donors (Lipinski definition) is 1. The van der Waals surface area contributed by atoms with E-state index in [1.165, 1.54) is 19.3 Å². The Morgan fingerprint density at radius 1 is 1.42 bits per heavy atom. The number of hydrogen-bond acceptors (Lipinski definition) is 1. The van der Waals surface area contributed by atoms with E-state index in [-0.39, 0.29) is 0 Å². The van der Waals surface area contributed by atoms with E-state index in [0.29, 0.717) is 18.4 Å². The summed E-state index contributed by atoms with van der Waals surface area (Å²) in [6.45, 7) is 2.41. The third-order valence-corrected chi connectivity index (χ3v) is 3.10. The SMILES string of the molecule is CC(F)C1CCCCC1CCN.